The van der Waals surface area contributed by atoms with Crippen LogP contribution < -0.4 is 4.74 Å². The van der Waals surface area contributed by atoms with Crippen LogP contribution in [0.1, 0.15) is 16.7 Å². The lowest BCUT2D eigenvalue weighted by atomic mass is 9.97. The van der Waals surface area contributed by atoms with Crippen molar-refractivity contribution in [2.75, 3.05) is 12.4 Å². The van der Waals surface area contributed by atoms with Crippen LogP contribution in [-0.4, -0.2) is 23.4 Å². The lowest BCUT2D eigenvalue weighted by Gasteiger charge is -2.12. The highest BCUT2D eigenvalue weighted by Crippen LogP contribution is 2.34. The standard InChI is InChI=1S/C24H18ClF3O3S/c25-21-14-19(31-15-23(29)30)10-11-22(21)32-13-12-20(16-4-2-1-3-5-16)17-6-8-18(9-7-17)24(26,27)28/h1-12,14H,13,15H2,(H,29,30)/b20-12-. The second-order valence-corrected chi connectivity index (χ2v) is 8.11. The van der Waals surface area contributed by atoms with Crippen molar-refractivity contribution < 1.29 is 27.8 Å². The second-order valence-electron chi connectivity index (χ2n) is 6.64. The van der Waals surface area contributed by atoms with Crippen LogP contribution in [-0.2, 0) is 11.0 Å². The number of aliphatic carboxylic acids is 1. The van der Waals surface area contributed by atoms with Gasteiger partial charge >= 0.3 is 12.1 Å². The van der Waals surface area contributed by atoms with Crippen molar-refractivity contribution in [3.05, 3.63) is 101 Å². The smallest absolute Gasteiger partial charge is 0.416 e. The number of carbonyl (C=O) groups is 1. The van der Waals surface area contributed by atoms with Gasteiger partial charge in [0.1, 0.15) is 5.75 Å². The normalized spacial score (nSPS) is 11.9. The Balaban J connectivity index is 1.79. The molecule has 0 amide bonds. The van der Waals surface area contributed by atoms with Crippen LogP contribution in [0.5, 0.6) is 5.75 Å². The Morgan fingerprint density at radius 2 is 1.66 bits per heavy atom. The maximum absolute atomic E-state index is 12.9. The monoisotopic (exact) mass is 478 g/mol. The number of halogens is 4. The van der Waals surface area contributed by atoms with E-state index in [1.807, 2.05) is 36.4 Å². The molecule has 0 radical (unpaired) electrons. The minimum atomic E-state index is -4.39. The van der Waals surface area contributed by atoms with Gasteiger partial charge in [-0.25, -0.2) is 4.79 Å². The van der Waals surface area contributed by atoms with Crippen molar-refractivity contribution >= 4 is 34.9 Å². The first kappa shape index (κ1) is 23.8. The van der Waals surface area contributed by atoms with Crippen LogP contribution in [0.3, 0.4) is 0 Å². The van der Waals surface area contributed by atoms with Crippen LogP contribution >= 0.6 is 23.4 Å². The molecule has 0 spiro atoms. The molecule has 32 heavy (non-hydrogen) atoms. The lowest BCUT2D eigenvalue weighted by Crippen LogP contribution is -2.09. The van der Waals surface area contributed by atoms with Crippen molar-refractivity contribution in [3.8, 4) is 5.75 Å². The van der Waals surface area contributed by atoms with Crippen molar-refractivity contribution in [2.45, 2.75) is 11.1 Å². The maximum atomic E-state index is 12.9. The van der Waals surface area contributed by atoms with E-state index in [0.29, 0.717) is 22.1 Å². The number of alkyl halides is 3. The number of thioether (sulfide) groups is 1. The van der Waals surface area contributed by atoms with Gasteiger partial charge in [-0.2, -0.15) is 13.2 Å². The van der Waals surface area contributed by atoms with E-state index in [9.17, 15) is 18.0 Å². The highest BCUT2D eigenvalue weighted by atomic mass is 35.5. The second kappa shape index (κ2) is 10.6. The third kappa shape index (κ3) is 6.55. The van der Waals surface area contributed by atoms with Gasteiger partial charge in [0, 0.05) is 10.6 Å². The molecule has 3 aromatic rings. The van der Waals surface area contributed by atoms with Gasteiger partial charge in [-0.3, -0.25) is 0 Å². The Morgan fingerprint density at radius 1 is 1.00 bits per heavy atom. The highest BCUT2D eigenvalue weighted by Gasteiger charge is 2.30. The fraction of sp³-hybridized carbons (Fsp3) is 0.125. The average molecular weight is 479 g/mol. The summed E-state index contributed by atoms with van der Waals surface area (Å²) in [6.45, 7) is -0.459. The summed E-state index contributed by atoms with van der Waals surface area (Å²) in [5.41, 5.74) is 1.68. The summed E-state index contributed by atoms with van der Waals surface area (Å²) in [6.07, 6.45) is -2.45. The van der Waals surface area contributed by atoms with E-state index < -0.39 is 24.3 Å². The molecule has 1 N–H and O–H groups in total. The van der Waals surface area contributed by atoms with Crippen molar-refractivity contribution in [1.82, 2.24) is 0 Å². The van der Waals surface area contributed by atoms with E-state index in [4.69, 9.17) is 21.4 Å². The first-order valence-corrected chi connectivity index (χ1v) is 10.8. The third-order valence-electron chi connectivity index (χ3n) is 4.40. The topological polar surface area (TPSA) is 46.5 Å². The Kier molecular flexibility index (Phi) is 7.88. The van der Waals surface area contributed by atoms with Gasteiger partial charge in [-0.15, -0.1) is 11.8 Å². The Bertz CT molecular complexity index is 1100. The maximum Gasteiger partial charge on any atom is 0.416 e. The molecule has 0 bridgehead atoms. The molecule has 3 aromatic carbocycles. The first-order valence-electron chi connectivity index (χ1n) is 9.44. The molecule has 0 saturated heterocycles. The zero-order chi connectivity index (χ0) is 23.1. The van der Waals surface area contributed by atoms with Gasteiger partial charge in [0.05, 0.1) is 10.6 Å². The molecule has 0 aliphatic rings. The van der Waals surface area contributed by atoms with Gasteiger partial charge in [-0.05, 0) is 47.0 Å². The predicted octanol–water partition coefficient (Wildman–Crippen LogP) is 7.05. The zero-order valence-corrected chi connectivity index (χ0v) is 18.2. The largest absolute Gasteiger partial charge is 0.482 e. The summed E-state index contributed by atoms with van der Waals surface area (Å²) in [7, 11) is 0. The van der Waals surface area contributed by atoms with Crippen LogP contribution in [0.25, 0.3) is 5.57 Å². The molecular weight excluding hydrogens is 461 g/mol. The molecule has 3 rings (SSSR count). The molecule has 0 saturated carbocycles. The van der Waals surface area contributed by atoms with Crippen molar-refractivity contribution in [1.29, 1.82) is 0 Å². The van der Waals surface area contributed by atoms with Crippen LogP contribution in [0, 0.1) is 0 Å². The molecule has 0 unspecified atom stereocenters. The minimum absolute atomic E-state index is 0.354. The summed E-state index contributed by atoms with van der Waals surface area (Å²) < 4.78 is 43.9. The Labute approximate surface area is 192 Å². The summed E-state index contributed by atoms with van der Waals surface area (Å²) in [6, 6.07) is 19.4. The third-order valence-corrected chi connectivity index (χ3v) is 5.83. The van der Waals surface area contributed by atoms with Crippen LogP contribution in [0.2, 0.25) is 5.02 Å². The zero-order valence-electron chi connectivity index (χ0n) is 16.6. The number of hydrogen-bond donors (Lipinski definition) is 1. The lowest BCUT2D eigenvalue weighted by molar-refractivity contribution is -0.139. The number of hydrogen-bond acceptors (Lipinski definition) is 3. The molecular formula is C24H18ClF3O3S. The Morgan fingerprint density at radius 3 is 2.25 bits per heavy atom. The van der Waals surface area contributed by atoms with Crippen LogP contribution in [0.4, 0.5) is 13.2 Å². The quantitative estimate of drug-likeness (QED) is 0.352. The van der Waals surface area contributed by atoms with Crippen molar-refractivity contribution in [2.24, 2.45) is 0 Å². The number of carboxylic acid groups (broad SMARTS) is 1. The fourth-order valence-electron chi connectivity index (χ4n) is 2.91. The summed E-state index contributed by atoms with van der Waals surface area (Å²) in [4.78, 5) is 11.4. The van der Waals surface area contributed by atoms with E-state index in [0.717, 1.165) is 28.2 Å². The molecule has 166 valence electrons. The summed E-state index contributed by atoms with van der Waals surface area (Å²) in [5.74, 6) is -0.214. The Hall–Kier alpha value is -2.90. The molecule has 0 heterocycles. The number of carboxylic acids is 1. The summed E-state index contributed by atoms with van der Waals surface area (Å²) >= 11 is 7.72. The van der Waals surface area contributed by atoms with Gasteiger partial charge in [0.15, 0.2) is 6.61 Å². The van der Waals surface area contributed by atoms with Crippen molar-refractivity contribution in [3.63, 3.8) is 0 Å². The number of benzene rings is 3. The van der Waals surface area contributed by atoms with Crippen LogP contribution in [0.15, 0.2) is 83.8 Å². The van der Waals surface area contributed by atoms with Gasteiger partial charge in [-0.1, -0.05) is 60.1 Å². The van der Waals surface area contributed by atoms with E-state index in [1.165, 1.54) is 23.9 Å². The highest BCUT2D eigenvalue weighted by molar-refractivity contribution is 7.99. The first-order chi connectivity index (χ1) is 15.2. The molecule has 0 aliphatic carbocycles. The predicted molar refractivity (Wildman–Crippen MR) is 120 cm³/mol. The fourth-order valence-corrected chi connectivity index (χ4v) is 4.03. The minimum Gasteiger partial charge on any atom is -0.482 e. The molecule has 0 atom stereocenters. The SMILES string of the molecule is O=C(O)COc1ccc(SC/C=C(/c2ccccc2)c2ccc(C(F)(F)F)cc2)c(Cl)c1. The number of rotatable bonds is 8. The average Bonchev–Trinajstić information content (AvgIpc) is 2.76. The molecule has 3 nitrogen and oxygen atoms in total. The van der Waals surface area contributed by atoms with E-state index in [1.54, 1.807) is 18.2 Å². The molecule has 0 aliphatic heterocycles. The summed E-state index contributed by atoms with van der Waals surface area (Å²) in [5, 5.41) is 9.10. The van der Waals surface area contributed by atoms with Gasteiger partial charge in [0.2, 0.25) is 0 Å². The van der Waals surface area contributed by atoms with Gasteiger partial charge < -0.3 is 9.84 Å². The molecule has 8 heteroatoms. The van der Waals surface area contributed by atoms with E-state index in [-0.39, 0.29) is 0 Å². The molecule has 0 fully saturated rings. The van der Waals surface area contributed by atoms with E-state index in [2.05, 4.69) is 0 Å². The number of ether oxygens (including phenoxy) is 1. The molecule has 0 aromatic heterocycles. The van der Waals surface area contributed by atoms with Gasteiger partial charge in [0.25, 0.3) is 0 Å². The van der Waals surface area contributed by atoms with E-state index >= 15 is 0 Å².